The molecule has 0 heterocycles. The molecule has 0 aromatic heterocycles. The van der Waals surface area contributed by atoms with Gasteiger partial charge in [-0.2, -0.15) is 8.42 Å². The summed E-state index contributed by atoms with van der Waals surface area (Å²) in [7, 11) is -4.56. The molecule has 29 heavy (non-hydrogen) atoms. The van der Waals surface area contributed by atoms with Gasteiger partial charge in [-0.3, -0.25) is 4.55 Å². The first-order valence-corrected chi connectivity index (χ1v) is 11.4. The third kappa shape index (κ3) is 9.08. The van der Waals surface area contributed by atoms with Gasteiger partial charge in [0.15, 0.2) is 0 Å². The van der Waals surface area contributed by atoms with Gasteiger partial charge in [-0.05, 0) is 31.0 Å². The van der Waals surface area contributed by atoms with Crippen LogP contribution in [0.25, 0.3) is 0 Å². The van der Waals surface area contributed by atoms with Crippen LogP contribution in [-0.4, -0.2) is 13.0 Å². The Balaban J connectivity index is 0.00000420. The number of unbranched alkanes of at least 4 members (excludes halogenated alkanes) is 7. The first-order chi connectivity index (χ1) is 13.4. The smallest absolute Gasteiger partial charge is 0.870 e. The summed E-state index contributed by atoms with van der Waals surface area (Å²) >= 11 is 0. The molecule has 0 spiro atoms. The van der Waals surface area contributed by atoms with Crippen molar-refractivity contribution >= 4 is 10.1 Å². The average molecular weight is 445 g/mol. The van der Waals surface area contributed by atoms with Crippen molar-refractivity contribution in [2.75, 3.05) is 0 Å². The van der Waals surface area contributed by atoms with Gasteiger partial charge in [0, 0.05) is 0 Å². The van der Waals surface area contributed by atoms with Crippen LogP contribution in [0.5, 0.6) is 17.2 Å². The van der Waals surface area contributed by atoms with Crippen molar-refractivity contribution in [2.45, 2.75) is 69.6 Å². The van der Waals surface area contributed by atoms with E-state index in [1.165, 1.54) is 44.2 Å². The number of benzene rings is 2. The summed E-state index contributed by atoms with van der Waals surface area (Å²) in [5.74, 6) is -0.485. The molecule has 0 saturated carbocycles. The molecule has 0 unspecified atom stereocenters. The van der Waals surface area contributed by atoms with Crippen LogP contribution in [0.2, 0.25) is 0 Å². The maximum Gasteiger partial charge on any atom is 1.00 e. The minimum Gasteiger partial charge on any atom is -0.870 e. The van der Waals surface area contributed by atoms with Crippen molar-refractivity contribution in [2.24, 2.45) is 0 Å². The van der Waals surface area contributed by atoms with Gasteiger partial charge in [0.25, 0.3) is 10.1 Å². The average Bonchev–Trinajstić information content (AvgIpc) is 2.66. The van der Waals surface area contributed by atoms with Gasteiger partial charge in [-0.1, -0.05) is 87.4 Å². The minimum atomic E-state index is -4.56. The van der Waals surface area contributed by atoms with E-state index in [0.717, 1.165) is 19.3 Å². The maximum atomic E-state index is 12.8. The zero-order valence-corrected chi connectivity index (χ0v) is 21.3. The molecule has 1 N–H and O–H groups in total. The Labute approximate surface area is 217 Å². The molecule has 0 aliphatic rings. The standard InChI is InChI=1S/C22H30O5S.K/c1-2-3-4-5-6-7-8-10-13-18-16-17-20(28(24,25)26)22(21(18)23)27-19-14-11-9-12-15-19;/h9,11-12,14-17,23H,2-8,10,13H2,1H3,(H,24,25,26);/q;+1/p-1. The van der Waals surface area contributed by atoms with Crippen LogP contribution in [0.1, 0.15) is 63.9 Å². The van der Waals surface area contributed by atoms with Gasteiger partial charge in [0.05, 0.1) is 0 Å². The second-order valence-corrected chi connectivity index (χ2v) is 8.39. The van der Waals surface area contributed by atoms with Gasteiger partial charge in [0.2, 0.25) is 0 Å². The molecule has 2 aromatic rings. The van der Waals surface area contributed by atoms with Crippen LogP contribution in [0.3, 0.4) is 0 Å². The molecule has 5 nitrogen and oxygen atoms in total. The summed E-state index contributed by atoms with van der Waals surface area (Å²) < 4.78 is 38.3. The summed E-state index contributed by atoms with van der Waals surface area (Å²) in [6.07, 6.45) is 9.83. The largest absolute Gasteiger partial charge is 1.00 e. The normalized spacial score (nSPS) is 11.1. The number of rotatable bonds is 12. The van der Waals surface area contributed by atoms with Crippen LogP contribution in [0.4, 0.5) is 0 Å². The zero-order chi connectivity index (χ0) is 20.4. The van der Waals surface area contributed by atoms with Crippen molar-refractivity contribution in [3.05, 3.63) is 48.0 Å². The number of hydrogen-bond donors (Lipinski definition) is 1. The Morgan fingerprint density at radius 1 is 0.897 bits per heavy atom. The van der Waals surface area contributed by atoms with E-state index in [2.05, 4.69) is 6.92 Å². The van der Waals surface area contributed by atoms with Gasteiger partial charge < -0.3 is 9.84 Å². The zero-order valence-electron chi connectivity index (χ0n) is 17.4. The molecule has 0 aliphatic carbocycles. The third-order valence-electron chi connectivity index (χ3n) is 4.70. The molecule has 0 aliphatic heterocycles. The topological polar surface area (TPSA) is 86.7 Å². The molecule has 0 atom stereocenters. The quantitative estimate of drug-likeness (QED) is 0.309. The van der Waals surface area contributed by atoms with Gasteiger partial charge in [0.1, 0.15) is 16.4 Å². The molecule has 0 fully saturated rings. The van der Waals surface area contributed by atoms with E-state index in [1.807, 2.05) is 0 Å². The Bertz CT molecular complexity index is 838. The molecule has 0 amide bonds. The van der Waals surface area contributed by atoms with Crippen molar-refractivity contribution in [1.29, 1.82) is 0 Å². The summed E-state index contributed by atoms with van der Waals surface area (Å²) in [5.41, 5.74) is 0.504. The first-order valence-electron chi connectivity index (χ1n) is 9.96. The summed E-state index contributed by atoms with van der Waals surface area (Å²) in [6, 6.07) is 11.2. The van der Waals surface area contributed by atoms with Crippen LogP contribution in [0, 0.1) is 0 Å². The second kappa shape index (κ2) is 13.8. The fourth-order valence-electron chi connectivity index (χ4n) is 3.14. The first kappa shape index (κ1) is 26.6. The summed E-state index contributed by atoms with van der Waals surface area (Å²) in [5, 5.41) is 12.8. The molecular weight excluding hydrogens is 415 g/mol. The third-order valence-corrected chi connectivity index (χ3v) is 5.58. The van der Waals surface area contributed by atoms with Crippen LogP contribution in [0.15, 0.2) is 47.4 Å². The molecule has 2 rings (SSSR count). The Kier molecular flexibility index (Phi) is 12.7. The minimum absolute atomic E-state index is 0. The molecule has 2 aromatic carbocycles. The molecule has 7 heteroatoms. The second-order valence-electron chi connectivity index (χ2n) is 7.00. The van der Waals surface area contributed by atoms with Gasteiger partial charge in [-0.25, -0.2) is 0 Å². The van der Waals surface area contributed by atoms with Crippen molar-refractivity contribution in [3.63, 3.8) is 0 Å². The van der Waals surface area contributed by atoms with E-state index in [-0.39, 0.29) is 57.1 Å². The van der Waals surface area contributed by atoms with Crippen LogP contribution in [-0.2, 0) is 16.5 Å². The molecule has 0 saturated heterocycles. The van der Waals surface area contributed by atoms with Crippen molar-refractivity contribution < 1.29 is 74.2 Å². The van der Waals surface area contributed by atoms with E-state index in [4.69, 9.17) is 4.74 Å². The monoisotopic (exact) mass is 444 g/mol. The Morgan fingerprint density at radius 2 is 1.48 bits per heavy atom. The maximum absolute atomic E-state index is 12.8. The predicted molar refractivity (Wildman–Crippen MR) is 109 cm³/mol. The van der Waals surface area contributed by atoms with Crippen LogP contribution < -0.4 is 61.2 Å². The Morgan fingerprint density at radius 3 is 2.07 bits per heavy atom. The summed E-state index contributed by atoms with van der Waals surface area (Å²) in [4.78, 5) is -0.499. The molecular formula is C22H29KO5S. The molecule has 154 valence electrons. The van der Waals surface area contributed by atoms with E-state index in [0.29, 0.717) is 17.7 Å². The van der Waals surface area contributed by atoms with Gasteiger partial charge in [-0.15, -0.1) is 0 Å². The number of aryl methyl sites for hydroxylation is 1. The molecule has 0 radical (unpaired) electrons. The van der Waals surface area contributed by atoms with E-state index in [9.17, 15) is 18.1 Å². The number of para-hydroxylation sites is 1. The van der Waals surface area contributed by atoms with Crippen molar-refractivity contribution in [3.8, 4) is 17.2 Å². The fourth-order valence-corrected chi connectivity index (χ4v) is 3.75. The molecule has 0 bridgehead atoms. The van der Waals surface area contributed by atoms with E-state index in [1.54, 1.807) is 30.3 Å². The number of ether oxygens (including phenoxy) is 1. The van der Waals surface area contributed by atoms with Crippen LogP contribution >= 0.6 is 0 Å². The van der Waals surface area contributed by atoms with Crippen molar-refractivity contribution in [1.82, 2.24) is 0 Å². The van der Waals surface area contributed by atoms with E-state index >= 15 is 0 Å². The fraction of sp³-hybridized carbons (Fsp3) is 0.455. The van der Waals surface area contributed by atoms with E-state index < -0.39 is 20.8 Å². The summed E-state index contributed by atoms with van der Waals surface area (Å²) in [6.45, 7) is 2.20. The predicted octanol–water partition coefficient (Wildman–Crippen LogP) is 2.49. The SMILES string of the molecule is CCCCCCCCCCc1ccc(S(=O)(=O)O)c(Oc2ccccc2)c1[O-].[K+]. The Hall–Kier alpha value is -0.414. The van der Waals surface area contributed by atoms with Gasteiger partial charge >= 0.3 is 51.4 Å². The number of hydrogen-bond acceptors (Lipinski definition) is 4.